The zero-order chi connectivity index (χ0) is 11.5. The molecule has 0 radical (unpaired) electrons. The first-order valence-electron chi connectivity index (χ1n) is 5.16. The van der Waals surface area contributed by atoms with E-state index in [2.05, 4.69) is 5.10 Å². The topological polar surface area (TPSA) is 18.8 Å². The molecule has 0 N–H and O–H groups in total. The molecular weight excluding hydrogens is 207 g/mol. The fourth-order valence-electron chi connectivity index (χ4n) is 1.59. The Kier molecular flexibility index (Phi) is 3.82. The summed E-state index contributed by atoms with van der Waals surface area (Å²) in [5.41, 5.74) is 0. The molecule has 3 nitrogen and oxygen atoms in total. The summed E-state index contributed by atoms with van der Waals surface area (Å²) in [5, 5.41) is 5.30. The Hall–Kier alpha value is -0.940. The van der Waals surface area contributed by atoms with Crippen LogP contribution in [0, 0.1) is 0 Å². The highest BCUT2D eigenvalue weighted by Crippen LogP contribution is 2.28. The Morgan fingerprint density at radius 1 is 1.33 bits per heavy atom. The molecular formula is C9H16F3N3. The number of alkyl halides is 3. The van der Waals surface area contributed by atoms with Crippen molar-refractivity contribution >= 4 is 6.34 Å². The SMILES string of the molecule is CCCCN1N=CN(C(F)(F)F)C1CC. The fourth-order valence-corrected chi connectivity index (χ4v) is 1.59. The summed E-state index contributed by atoms with van der Waals surface area (Å²) in [6, 6.07) is 0. The maximum Gasteiger partial charge on any atom is 0.487 e. The molecule has 1 rings (SSSR count). The van der Waals surface area contributed by atoms with Gasteiger partial charge in [0.05, 0.1) is 0 Å². The predicted octanol–water partition coefficient (Wildman–Crippen LogP) is 2.60. The summed E-state index contributed by atoms with van der Waals surface area (Å²) < 4.78 is 37.5. The first kappa shape index (κ1) is 12.1. The minimum absolute atomic E-state index is 0.364. The fraction of sp³-hybridized carbons (Fsp3) is 0.889. The second-order valence-electron chi connectivity index (χ2n) is 3.51. The number of hydrazone groups is 1. The van der Waals surface area contributed by atoms with Gasteiger partial charge in [0, 0.05) is 6.54 Å². The molecule has 0 aromatic carbocycles. The molecule has 0 bridgehead atoms. The molecule has 0 spiro atoms. The van der Waals surface area contributed by atoms with Crippen molar-refractivity contribution in [1.29, 1.82) is 0 Å². The van der Waals surface area contributed by atoms with E-state index in [4.69, 9.17) is 0 Å². The van der Waals surface area contributed by atoms with Gasteiger partial charge in [-0.05, 0) is 12.8 Å². The smallest absolute Gasteiger partial charge is 0.273 e. The van der Waals surface area contributed by atoms with Crippen LogP contribution in [-0.2, 0) is 0 Å². The van der Waals surface area contributed by atoms with Crippen molar-refractivity contribution < 1.29 is 13.2 Å². The molecule has 1 heterocycles. The van der Waals surface area contributed by atoms with Gasteiger partial charge in [0.25, 0.3) is 0 Å². The highest BCUT2D eigenvalue weighted by atomic mass is 19.4. The zero-order valence-electron chi connectivity index (χ0n) is 8.96. The van der Waals surface area contributed by atoms with E-state index in [1.54, 1.807) is 6.92 Å². The molecule has 88 valence electrons. The lowest BCUT2D eigenvalue weighted by Gasteiger charge is -2.30. The maximum atomic E-state index is 12.5. The van der Waals surface area contributed by atoms with Crippen LogP contribution in [0.5, 0.6) is 0 Å². The summed E-state index contributed by atoms with van der Waals surface area (Å²) in [4.78, 5) is 0.364. The van der Waals surface area contributed by atoms with E-state index in [1.807, 2.05) is 6.92 Å². The van der Waals surface area contributed by atoms with Crippen molar-refractivity contribution in [2.75, 3.05) is 6.54 Å². The van der Waals surface area contributed by atoms with E-state index in [0.29, 0.717) is 17.9 Å². The average Bonchev–Trinajstić information content (AvgIpc) is 2.56. The summed E-state index contributed by atoms with van der Waals surface area (Å²) in [6.07, 6.45) is -1.90. The van der Waals surface area contributed by atoms with Crippen LogP contribution in [0.3, 0.4) is 0 Å². The van der Waals surface area contributed by atoms with Gasteiger partial charge < -0.3 is 0 Å². The standard InChI is InChI=1S/C9H16F3N3/c1-3-5-6-15-8(4-2)14(7-13-15)9(10,11)12/h7-8H,3-6H2,1-2H3. The van der Waals surface area contributed by atoms with Crippen molar-refractivity contribution in [1.82, 2.24) is 9.91 Å². The number of hydrogen-bond acceptors (Lipinski definition) is 3. The van der Waals surface area contributed by atoms with Gasteiger partial charge in [-0.25, -0.2) is 0 Å². The quantitative estimate of drug-likeness (QED) is 0.682. The molecule has 15 heavy (non-hydrogen) atoms. The Morgan fingerprint density at radius 2 is 2.00 bits per heavy atom. The number of rotatable bonds is 4. The third-order valence-electron chi connectivity index (χ3n) is 2.39. The molecule has 1 atom stereocenters. The van der Waals surface area contributed by atoms with E-state index < -0.39 is 12.5 Å². The van der Waals surface area contributed by atoms with Crippen LogP contribution in [0.2, 0.25) is 0 Å². The lowest BCUT2D eigenvalue weighted by Crippen LogP contribution is -2.47. The van der Waals surface area contributed by atoms with Crippen LogP contribution >= 0.6 is 0 Å². The van der Waals surface area contributed by atoms with Gasteiger partial charge in [-0.2, -0.15) is 5.10 Å². The molecule has 6 heteroatoms. The van der Waals surface area contributed by atoms with Gasteiger partial charge in [0.1, 0.15) is 12.5 Å². The van der Waals surface area contributed by atoms with E-state index >= 15 is 0 Å². The lowest BCUT2D eigenvalue weighted by molar-refractivity contribution is -0.235. The van der Waals surface area contributed by atoms with Gasteiger partial charge in [0.2, 0.25) is 0 Å². The second-order valence-corrected chi connectivity index (χ2v) is 3.51. The molecule has 0 amide bonds. The normalized spacial score (nSPS) is 21.5. The van der Waals surface area contributed by atoms with Crippen molar-refractivity contribution in [3.8, 4) is 0 Å². The highest BCUT2D eigenvalue weighted by Gasteiger charge is 2.44. The third-order valence-corrected chi connectivity index (χ3v) is 2.39. The van der Waals surface area contributed by atoms with E-state index in [-0.39, 0.29) is 0 Å². The first-order valence-corrected chi connectivity index (χ1v) is 5.16. The van der Waals surface area contributed by atoms with Crippen LogP contribution < -0.4 is 0 Å². The van der Waals surface area contributed by atoms with E-state index in [9.17, 15) is 13.2 Å². The van der Waals surface area contributed by atoms with Gasteiger partial charge in [-0.15, -0.1) is 13.2 Å². The Bertz CT molecular complexity index is 227. The first-order chi connectivity index (χ1) is 7.00. The number of nitrogens with zero attached hydrogens (tertiary/aromatic N) is 3. The molecule has 0 aromatic heterocycles. The van der Waals surface area contributed by atoms with Gasteiger partial charge in [-0.3, -0.25) is 9.91 Å². The molecule has 1 aliphatic rings. The summed E-state index contributed by atoms with van der Waals surface area (Å²) >= 11 is 0. The van der Waals surface area contributed by atoms with Crippen molar-refractivity contribution in [3.63, 3.8) is 0 Å². The largest absolute Gasteiger partial charge is 0.487 e. The lowest BCUT2D eigenvalue weighted by atomic mass is 10.3. The monoisotopic (exact) mass is 223 g/mol. The molecule has 0 saturated carbocycles. The summed E-state index contributed by atoms with van der Waals surface area (Å²) in [6.45, 7) is 4.32. The van der Waals surface area contributed by atoms with Gasteiger partial charge >= 0.3 is 6.30 Å². The van der Waals surface area contributed by atoms with Crippen molar-refractivity contribution in [2.24, 2.45) is 5.10 Å². The average molecular weight is 223 g/mol. The van der Waals surface area contributed by atoms with Crippen LogP contribution in [0.1, 0.15) is 33.1 Å². The second kappa shape index (κ2) is 4.72. The highest BCUT2D eigenvalue weighted by molar-refractivity contribution is 5.57. The molecule has 0 saturated heterocycles. The molecule has 1 aliphatic heterocycles. The number of halogens is 3. The Balaban J connectivity index is 2.62. The van der Waals surface area contributed by atoms with Crippen molar-refractivity contribution in [3.05, 3.63) is 0 Å². The third kappa shape index (κ3) is 2.76. The Labute approximate surface area is 87.5 Å². The molecule has 0 fully saturated rings. The number of hydrogen-bond donors (Lipinski definition) is 0. The summed E-state index contributed by atoms with van der Waals surface area (Å²) in [7, 11) is 0. The maximum absolute atomic E-state index is 12.5. The van der Waals surface area contributed by atoms with Gasteiger partial charge in [-0.1, -0.05) is 20.3 Å². The van der Waals surface area contributed by atoms with Crippen molar-refractivity contribution in [2.45, 2.75) is 45.6 Å². The minimum Gasteiger partial charge on any atom is -0.273 e. The van der Waals surface area contributed by atoms with Crippen LogP contribution in [0.15, 0.2) is 5.10 Å². The van der Waals surface area contributed by atoms with Gasteiger partial charge in [0.15, 0.2) is 0 Å². The number of unbranched alkanes of at least 4 members (excludes halogenated alkanes) is 1. The van der Waals surface area contributed by atoms with E-state index in [0.717, 1.165) is 19.2 Å². The molecule has 0 aliphatic carbocycles. The molecule has 0 aromatic rings. The van der Waals surface area contributed by atoms with Crippen LogP contribution in [0.4, 0.5) is 13.2 Å². The zero-order valence-corrected chi connectivity index (χ0v) is 8.96. The van der Waals surface area contributed by atoms with Crippen LogP contribution in [0.25, 0.3) is 0 Å². The van der Waals surface area contributed by atoms with E-state index in [1.165, 1.54) is 5.01 Å². The summed E-state index contributed by atoms with van der Waals surface area (Å²) in [5.74, 6) is 0. The predicted molar refractivity (Wildman–Crippen MR) is 52.1 cm³/mol. The Morgan fingerprint density at radius 3 is 2.47 bits per heavy atom. The molecule has 1 unspecified atom stereocenters. The van der Waals surface area contributed by atoms with Crippen LogP contribution in [-0.4, -0.2) is 35.3 Å². The minimum atomic E-state index is -4.33.